The number of carbonyl (C=O) groups excluding carboxylic acids is 1. The van der Waals surface area contributed by atoms with Crippen molar-refractivity contribution in [3.05, 3.63) is 35.6 Å². The van der Waals surface area contributed by atoms with E-state index in [4.69, 9.17) is 9.47 Å². The highest BCUT2D eigenvalue weighted by molar-refractivity contribution is 5.82. The van der Waals surface area contributed by atoms with E-state index in [-0.39, 0.29) is 30.0 Å². The van der Waals surface area contributed by atoms with Gasteiger partial charge in [-0.05, 0) is 24.6 Å². The van der Waals surface area contributed by atoms with E-state index in [2.05, 4.69) is 5.32 Å². The number of nitrogens with one attached hydrogen (secondary N) is 1. The lowest BCUT2D eigenvalue weighted by atomic mass is 10.1. The van der Waals surface area contributed by atoms with Crippen LogP contribution in [-0.2, 0) is 14.3 Å². The van der Waals surface area contributed by atoms with Crippen molar-refractivity contribution in [3.63, 3.8) is 0 Å². The molecule has 0 spiro atoms. The molecular weight excluding hydrogens is 287 g/mol. The monoisotopic (exact) mass is 308 g/mol. The fraction of sp³-hybridized carbons (Fsp3) is 0.562. The van der Waals surface area contributed by atoms with Gasteiger partial charge in [-0.25, -0.2) is 4.39 Å². The molecule has 2 aliphatic heterocycles. The van der Waals surface area contributed by atoms with Crippen LogP contribution in [0.3, 0.4) is 0 Å². The average molecular weight is 308 g/mol. The fourth-order valence-corrected chi connectivity index (χ4v) is 2.94. The van der Waals surface area contributed by atoms with E-state index in [1.807, 2.05) is 11.8 Å². The van der Waals surface area contributed by atoms with Crippen molar-refractivity contribution in [2.24, 2.45) is 0 Å². The SMILES string of the molecule is C[C@@H]1CN(C(=O)[C@@H]2COCCN2)C[C@H](c2ccc(F)cc2)O1. The van der Waals surface area contributed by atoms with Crippen LogP contribution >= 0.6 is 0 Å². The third-order valence-electron chi connectivity index (χ3n) is 4.03. The first-order valence-corrected chi connectivity index (χ1v) is 7.64. The summed E-state index contributed by atoms with van der Waals surface area (Å²) in [6.07, 6.45) is -0.282. The van der Waals surface area contributed by atoms with Crippen LogP contribution < -0.4 is 5.32 Å². The molecule has 3 atom stereocenters. The maximum Gasteiger partial charge on any atom is 0.242 e. The van der Waals surface area contributed by atoms with E-state index in [1.165, 1.54) is 12.1 Å². The molecular formula is C16H21FN2O3. The number of benzene rings is 1. The van der Waals surface area contributed by atoms with Gasteiger partial charge < -0.3 is 19.7 Å². The molecule has 5 nitrogen and oxygen atoms in total. The van der Waals surface area contributed by atoms with Crippen LogP contribution in [-0.4, -0.2) is 55.8 Å². The lowest BCUT2D eigenvalue weighted by Crippen LogP contribution is -2.56. The van der Waals surface area contributed by atoms with Gasteiger partial charge in [-0.2, -0.15) is 0 Å². The minimum absolute atomic E-state index is 0.0435. The summed E-state index contributed by atoms with van der Waals surface area (Å²) in [7, 11) is 0. The molecule has 120 valence electrons. The molecule has 3 rings (SSSR count). The average Bonchev–Trinajstić information content (AvgIpc) is 2.55. The largest absolute Gasteiger partial charge is 0.378 e. The summed E-state index contributed by atoms with van der Waals surface area (Å²) in [6, 6.07) is 5.97. The van der Waals surface area contributed by atoms with Gasteiger partial charge in [-0.1, -0.05) is 12.1 Å². The minimum atomic E-state index is -0.284. The number of ether oxygens (including phenoxy) is 2. The normalized spacial score (nSPS) is 29.4. The smallest absolute Gasteiger partial charge is 0.242 e. The Morgan fingerprint density at radius 1 is 1.32 bits per heavy atom. The van der Waals surface area contributed by atoms with Gasteiger partial charge in [0.25, 0.3) is 0 Å². The van der Waals surface area contributed by atoms with Crippen molar-refractivity contribution < 1.29 is 18.7 Å². The number of carbonyl (C=O) groups is 1. The molecule has 0 aromatic heterocycles. The van der Waals surface area contributed by atoms with Crippen molar-refractivity contribution in [2.75, 3.05) is 32.8 Å². The Bertz CT molecular complexity index is 517. The summed E-state index contributed by atoms with van der Waals surface area (Å²) in [6.45, 7) is 4.73. The Kier molecular flexibility index (Phi) is 4.71. The second kappa shape index (κ2) is 6.73. The van der Waals surface area contributed by atoms with Gasteiger partial charge in [0.1, 0.15) is 18.0 Å². The van der Waals surface area contributed by atoms with Crippen LogP contribution in [0, 0.1) is 5.82 Å². The summed E-state index contributed by atoms with van der Waals surface area (Å²) >= 11 is 0. The van der Waals surface area contributed by atoms with Crippen molar-refractivity contribution in [2.45, 2.75) is 25.2 Å². The second-order valence-corrected chi connectivity index (χ2v) is 5.81. The number of hydrogen-bond donors (Lipinski definition) is 1. The van der Waals surface area contributed by atoms with Gasteiger partial charge in [-0.15, -0.1) is 0 Å². The maximum absolute atomic E-state index is 13.1. The Hall–Kier alpha value is -1.50. The summed E-state index contributed by atoms with van der Waals surface area (Å²) in [5.41, 5.74) is 0.888. The molecule has 1 amide bonds. The summed E-state index contributed by atoms with van der Waals surface area (Å²) in [4.78, 5) is 14.4. The molecule has 0 saturated carbocycles. The van der Waals surface area contributed by atoms with Crippen molar-refractivity contribution in [3.8, 4) is 0 Å². The molecule has 1 N–H and O–H groups in total. The van der Waals surface area contributed by atoms with E-state index < -0.39 is 0 Å². The van der Waals surface area contributed by atoms with Crippen molar-refractivity contribution >= 4 is 5.91 Å². The highest BCUT2D eigenvalue weighted by Gasteiger charge is 2.33. The number of hydrogen-bond acceptors (Lipinski definition) is 4. The quantitative estimate of drug-likeness (QED) is 0.889. The Morgan fingerprint density at radius 2 is 2.09 bits per heavy atom. The molecule has 2 saturated heterocycles. The fourth-order valence-electron chi connectivity index (χ4n) is 2.94. The highest BCUT2D eigenvalue weighted by atomic mass is 19.1. The van der Waals surface area contributed by atoms with Crippen LogP contribution in [0.2, 0.25) is 0 Å². The van der Waals surface area contributed by atoms with Crippen LogP contribution in [0.1, 0.15) is 18.6 Å². The Balaban J connectivity index is 1.70. The molecule has 0 radical (unpaired) electrons. The molecule has 1 aromatic carbocycles. The predicted molar refractivity (Wildman–Crippen MR) is 78.9 cm³/mol. The first-order valence-electron chi connectivity index (χ1n) is 7.64. The zero-order valence-corrected chi connectivity index (χ0v) is 12.6. The zero-order chi connectivity index (χ0) is 15.5. The minimum Gasteiger partial charge on any atom is -0.378 e. The van der Waals surface area contributed by atoms with Gasteiger partial charge in [0.05, 0.1) is 25.9 Å². The molecule has 6 heteroatoms. The number of halogens is 1. The van der Waals surface area contributed by atoms with Crippen molar-refractivity contribution in [1.29, 1.82) is 0 Å². The van der Waals surface area contributed by atoms with E-state index in [1.54, 1.807) is 12.1 Å². The second-order valence-electron chi connectivity index (χ2n) is 5.81. The van der Waals surface area contributed by atoms with E-state index in [0.717, 1.165) is 5.56 Å². The van der Waals surface area contributed by atoms with Gasteiger partial charge in [0.15, 0.2) is 0 Å². The van der Waals surface area contributed by atoms with Gasteiger partial charge in [0.2, 0.25) is 5.91 Å². The molecule has 0 aliphatic carbocycles. The van der Waals surface area contributed by atoms with Gasteiger partial charge in [0, 0.05) is 13.1 Å². The van der Waals surface area contributed by atoms with E-state index >= 15 is 0 Å². The first-order chi connectivity index (χ1) is 10.6. The van der Waals surface area contributed by atoms with E-state index in [0.29, 0.717) is 32.8 Å². The van der Waals surface area contributed by atoms with Crippen LogP contribution in [0.5, 0.6) is 0 Å². The topological polar surface area (TPSA) is 50.8 Å². The Morgan fingerprint density at radius 3 is 2.77 bits per heavy atom. The zero-order valence-electron chi connectivity index (χ0n) is 12.6. The first kappa shape index (κ1) is 15.4. The molecule has 1 aromatic rings. The standard InChI is InChI=1S/C16H21FN2O3/c1-11-8-19(16(20)14-10-21-7-6-18-14)9-15(22-11)12-2-4-13(17)5-3-12/h2-5,11,14-15,18H,6-10H2,1H3/t11-,14+,15-/m1/s1. The highest BCUT2D eigenvalue weighted by Crippen LogP contribution is 2.26. The Labute approximate surface area is 129 Å². The predicted octanol–water partition coefficient (Wildman–Crippen LogP) is 1.10. The van der Waals surface area contributed by atoms with Crippen LogP contribution in [0.15, 0.2) is 24.3 Å². The lowest BCUT2D eigenvalue weighted by molar-refractivity contribution is -0.149. The van der Waals surface area contributed by atoms with Crippen LogP contribution in [0.4, 0.5) is 4.39 Å². The van der Waals surface area contributed by atoms with E-state index in [9.17, 15) is 9.18 Å². The molecule has 2 aliphatic rings. The maximum atomic E-state index is 13.1. The van der Waals surface area contributed by atoms with Gasteiger partial charge in [-0.3, -0.25) is 4.79 Å². The summed E-state index contributed by atoms with van der Waals surface area (Å²) in [5, 5.41) is 3.19. The third-order valence-corrected chi connectivity index (χ3v) is 4.03. The number of morpholine rings is 2. The lowest BCUT2D eigenvalue weighted by Gasteiger charge is -2.39. The molecule has 2 heterocycles. The van der Waals surface area contributed by atoms with Crippen molar-refractivity contribution in [1.82, 2.24) is 10.2 Å². The molecule has 0 unspecified atom stereocenters. The number of nitrogens with zero attached hydrogens (tertiary/aromatic N) is 1. The number of amides is 1. The molecule has 0 bridgehead atoms. The molecule has 2 fully saturated rings. The van der Waals surface area contributed by atoms with Gasteiger partial charge >= 0.3 is 0 Å². The third kappa shape index (κ3) is 3.45. The summed E-state index contributed by atoms with van der Waals surface area (Å²) in [5.74, 6) is -0.231. The number of rotatable bonds is 2. The molecule has 22 heavy (non-hydrogen) atoms. The summed E-state index contributed by atoms with van der Waals surface area (Å²) < 4.78 is 24.3. The van der Waals surface area contributed by atoms with Crippen LogP contribution in [0.25, 0.3) is 0 Å².